The number of nitrogens with one attached hydrogen (secondary N) is 3. The molecule has 2 aromatic heterocycles. The van der Waals surface area contributed by atoms with Crippen molar-refractivity contribution in [2.24, 2.45) is 5.92 Å². The number of aromatic nitrogens is 3. The molecule has 0 saturated heterocycles. The smallest absolute Gasteiger partial charge is 0.416 e. The molecule has 8 nitrogen and oxygen atoms in total. The number of carbonyl (C=O) groups is 1. The lowest BCUT2D eigenvalue weighted by Crippen LogP contribution is -2.41. The average Bonchev–Trinajstić information content (AvgIpc) is 3.67. The van der Waals surface area contributed by atoms with Crippen molar-refractivity contribution in [3.63, 3.8) is 0 Å². The number of hydrogen-bond donors (Lipinski definition) is 3. The number of methoxy groups -OCH3 is 1. The molecule has 0 spiro atoms. The molecule has 2 aliphatic carbocycles. The highest BCUT2D eigenvalue weighted by Gasteiger charge is 2.33. The summed E-state index contributed by atoms with van der Waals surface area (Å²) in [5.41, 5.74) is 1.36. The number of carbonyl (C=O) groups excluding carboxylic acids is 1. The molecule has 3 aromatic rings. The molecule has 0 unspecified atom stereocenters. The van der Waals surface area contributed by atoms with Crippen LogP contribution in [0.25, 0.3) is 22.3 Å². The molecule has 2 fully saturated rings. The molecular weight excluding hydrogens is 511 g/mol. The largest absolute Gasteiger partial charge is 0.503 e. The Bertz CT molecular complexity index is 1360. The fourth-order valence-corrected chi connectivity index (χ4v) is 5.02. The van der Waals surface area contributed by atoms with E-state index in [0.717, 1.165) is 50.7 Å². The number of alkyl halides is 3. The van der Waals surface area contributed by atoms with E-state index in [9.17, 15) is 18.0 Å². The van der Waals surface area contributed by atoms with Gasteiger partial charge >= 0.3 is 6.18 Å². The molecule has 39 heavy (non-hydrogen) atoms. The number of H-pyrrole nitrogens is 1. The minimum Gasteiger partial charge on any atom is -0.503 e. The third-order valence-electron chi connectivity index (χ3n) is 7.33. The number of amides is 1. The van der Waals surface area contributed by atoms with Gasteiger partial charge in [0.15, 0.2) is 0 Å². The van der Waals surface area contributed by atoms with Gasteiger partial charge in [0.25, 0.3) is 5.91 Å². The Morgan fingerprint density at radius 1 is 1.13 bits per heavy atom. The molecule has 0 radical (unpaired) electrons. The number of ether oxygens (including phenoxy) is 2. The summed E-state index contributed by atoms with van der Waals surface area (Å²) < 4.78 is 51.6. The normalized spacial score (nSPS) is 19.8. The second kappa shape index (κ2) is 11.2. The Morgan fingerprint density at radius 2 is 1.87 bits per heavy atom. The number of aryl methyl sites for hydroxylation is 1. The first-order chi connectivity index (χ1) is 18.7. The predicted molar refractivity (Wildman–Crippen MR) is 140 cm³/mol. The number of nitrogens with zero attached hydrogens (tertiary/aromatic N) is 2. The van der Waals surface area contributed by atoms with Gasteiger partial charge < -0.3 is 25.1 Å². The van der Waals surface area contributed by atoms with Gasteiger partial charge in [0.2, 0.25) is 0 Å². The summed E-state index contributed by atoms with van der Waals surface area (Å²) in [5.74, 6) is 0.466. The zero-order chi connectivity index (χ0) is 27.6. The maximum Gasteiger partial charge on any atom is 0.416 e. The van der Waals surface area contributed by atoms with Crippen LogP contribution in [0.1, 0.15) is 60.1 Å². The number of rotatable bonds is 9. The summed E-state index contributed by atoms with van der Waals surface area (Å²) in [6.07, 6.45) is 5.65. The number of fused-ring (bicyclic) bond motifs is 1. The van der Waals surface area contributed by atoms with E-state index in [1.54, 1.807) is 26.5 Å². The van der Waals surface area contributed by atoms with Crippen LogP contribution in [0.4, 0.5) is 13.2 Å². The lowest BCUT2D eigenvalue weighted by molar-refractivity contribution is -0.137. The Labute approximate surface area is 224 Å². The van der Waals surface area contributed by atoms with E-state index in [2.05, 4.69) is 25.6 Å². The first kappa shape index (κ1) is 26.8. The zero-order valence-corrected chi connectivity index (χ0v) is 21.9. The van der Waals surface area contributed by atoms with Crippen molar-refractivity contribution in [1.29, 1.82) is 0 Å². The molecule has 11 heteroatoms. The molecule has 5 rings (SSSR count). The quantitative estimate of drug-likeness (QED) is 0.309. The van der Waals surface area contributed by atoms with Crippen LogP contribution >= 0.6 is 0 Å². The highest BCUT2D eigenvalue weighted by atomic mass is 19.4. The number of aromatic amines is 1. The Morgan fingerprint density at radius 3 is 2.56 bits per heavy atom. The number of benzene rings is 1. The minimum absolute atomic E-state index is 0.0125. The molecule has 2 saturated carbocycles. The molecule has 2 aliphatic rings. The van der Waals surface area contributed by atoms with Crippen LogP contribution in [0.3, 0.4) is 0 Å². The van der Waals surface area contributed by atoms with Gasteiger partial charge in [-0.3, -0.25) is 4.79 Å². The molecule has 0 bridgehead atoms. The first-order valence-electron chi connectivity index (χ1n) is 13.2. The summed E-state index contributed by atoms with van der Waals surface area (Å²) in [6, 6.07) is 3.74. The summed E-state index contributed by atoms with van der Waals surface area (Å²) in [5, 5.41) is 6.41. The third kappa shape index (κ3) is 6.12. The van der Waals surface area contributed by atoms with Crippen molar-refractivity contribution in [3.8, 4) is 17.0 Å². The predicted octanol–water partition coefficient (Wildman–Crippen LogP) is 5.49. The van der Waals surface area contributed by atoms with E-state index < -0.39 is 11.7 Å². The topological polar surface area (TPSA) is 101 Å². The second-order valence-electron chi connectivity index (χ2n) is 10.3. The lowest BCUT2D eigenvalue weighted by Gasteiger charge is -2.29. The Hall–Kier alpha value is -3.76. The average molecular weight is 544 g/mol. The number of hydrogen-bond acceptors (Lipinski definition) is 6. The highest BCUT2D eigenvalue weighted by Crippen LogP contribution is 2.40. The van der Waals surface area contributed by atoms with Gasteiger partial charge in [-0.2, -0.15) is 13.2 Å². The van der Waals surface area contributed by atoms with Gasteiger partial charge in [0.05, 0.1) is 36.6 Å². The van der Waals surface area contributed by atoms with E-state index >= 15 is 0 Å². The van der Waals surface area contributed by atoms with E-state index in [0.29, 0.717) is 46.6 Å². The van der Waals surface area contributed by atoms with Crippen molar-refractivity contribution >= 4 is 16.9 Å². The van der Waals surface area contributed by atoms with Crippen molar-refractivity contribution in [2.75, 3.05) is 13.7 Å². The Balaban J connectivity index is 1.41. The van der Waals surface area contributed by atoms with E-state index in [1.165, 1.54) is 12.4 Å². The van der Waals surface area contributed by atoms with Gasteiger partial charge in [-0.05, 0) is 69.6 Å². The van der Waals surface area contributed by atoms with Gasteiger partial charge in [-0.1, -0.05) is 0 Å². The van der Waals surface area contributed by atoms with Crippen LogP contribution in [-0.4, -0.2) is 46.7 Å². The van der Waals surface area contributed by atoms with Crippen LogP contribution in [0.5, 0.6) is 5.75 Å². The maximum absolute atomic E-state index is 13.6. The van der Waals surface area contributed by atoms with Crippen LogP contribution in [0, 0.1) is 12.8 Å². The van der Waals surface area contributed by atoms with Gasteiger partial charge in [0, 0.05) is 29.5 Å². The monoisotopic (exact) mass is 543 g/mol. The lowest BCUT2D eigenvalue weighted by atomic mass is 9.91. The summed E-state index contributed by atoms with van der Waals surface area (Å²) >= 11 is 0. The van der Waals surface area contributed by atoms with Crippen LogP contribution < -0.4 is 15.4 Å². The molecule has 208 valence electrons. The fraction of sp³-hybridized carbons (Fsp3) is 0.464. The summed E-state index contributed by atoms with van der Waals surface area (Å²) in [4.78, 5) is 25.2. The molecule has 0 atom stereocenters. The zero-order valence-electron chi connectivity index (χ0n) is 21.9. The van der Waals surface area contributed by atoms with Crippen molar-refractivity contribution in [3.05, 3.63) is 53.8 Å². The molecule has 0 aliphatic heterocycles. The van der Waals surface area contributed by atoms with E-state index in [4.69, 9.17) is 9.47 Å². The maximum atomic E-state index is 13.6. The minimum atomic E-state index is -4.53. The van der Waals surface area contributed by atoms with Crippen molar-refractivity contribution in [1.82, 2.24) is 25.6 Å². The Kier molecular flexibility index (Phi) is 7.67. The van der Waals surface area contributed by atoms with Crippen molar-refractivity contribution < 1.29 is 27.4 Å². The first-order valence-corrected chi connectivity index (χ1v) is 13.2. The number of halogens is 3. The fourth-order valence-electron chi connectivity index (χ4n) is 5.02. The third-order valence-corrected chi connectivity index (χ3v) is 7.33. The van der Waals surface area contributed by atoms with Gasteiger partial charge in [0.1, 0.15) is 23.3 Å². The van der Waals surface area contributed by atoms with E-state index in [-0.39, 0.29) is 23.2 Å². The van der Waals surface area contributed by atoms with Crippen molar-refractivity contribution in [2.45, 2.75) is 63.7 Å². The summed E-state index contributed by atoms with van der Waals surface area (Å²) in [6.45, 7) is 2.18. The van der Waals surface area contributed by atoms with Crippen LogP contribution in [0.15, 0.2) is 37.0 Å². The SMILES string of the molecule is COC=CNC1CCC(NC(=O)c2c(C)[nH]c3c(-c4cc(C(F)(F)F)ccc4OCC4CC4)ncnc23)CC1. The van der Waals surface area contributed by atoms with Gasteiger partial charge in [-0.15, -0.1) is 0 Å². The molecule has 1 amide bonds. The summed E-state index contributed by atoms with van der Waals surface area (Å²) in [7, 11) is 1.59. The standard InChI is InChI=1S/C28H32F3N5O3/c1-16-23(27(37)36-20-8-6-19(7-9-20)32-11-12-38-2)25-26(35-16)24(33-15-34-25)21-13-18(28(29,30)31)5-10-22(21)39-14-17-3-4-17/h5,10-13,15,17,19-20,32,35H,3-4,6-9,14H2,1-2H3,(H,36,37). The molecule has 2 heterocycles. The molecular formula is C28H32F3N5O3. The van der Waals surface area contributed by atoms with Gasteiger partial charge in [-0.25, -0.2) is 9.97 Å². The second-order valence-corrected chi connectivity index (χ2v) is 10.3. The van der Waals surface area contributed by atoms with Crippen LogP contribution in [0.2, 0.25) is 0 Å². The molecule has 1 aromatic carbocycles. The van der Waals surface area contributed by atoms with E-state index in [1.807, 2.05) is 0 Å². The molecule has 3 N–H and O–H groups in total. The highest BCUT2D eigenvalue weighted by molar-refractivity contribution is 6.09. The van der Waals surface area contributed by atoms with Crippen LogP contribution in [-0.2, 0) is 10.9 Å².